The Hall–Kier alpha value is -2.01. The lowest BCUT2D eigenvalue weighted by Gasteiger charge is -2.36. The average molecular weight is 426 g/mol. The molecule has 1 aromatic carbocycles. The van der Waals surface area contributed by atoms with Crippen molar-refractivity contribution >= 4 is 27.9 Å². The molecule has 2 aliphatic rings. The number of amides is 1. The molecule has 0 bridgehead atoms. The van der Waals surface area contributed by atoms with Crippen molar-refractivity contribution < 1.29 is 4.79 Å². The second-order valence-corrected chi connectivity index (χ2v) is 10.4. The van der Waals surface area contributed by atoms with Gasteiger partial charge in [0.2, 0.25) is 0 Å². The van der Waals surface area contributed by atoms with Gasteiger partial charge in [-0.2, -0.15) is 0 Å². The molecule has 2 atom stereocenters. The van der Waals surface area contributed by atoms with E-state index in [1.165, 1.54) is 29.0 Å². The summed E-state index contributed by atoms with van der Waals surface area (Å²) >= 11 is 1.81. The molecule has 0 spiro atoms. The zero-order valence-corrected chi connectivity index (χ0v) is 19.8. The van der Waals surface area contributed by atoms with Crippen LogP contribution in [0.3, 0.4) is 0 Å². The molecule has 0 radical (unpaired) electrons. The molecule has 2 N–H and O–H groups in total. The number of benzene rings is 1. The Morgan fingerprint density at radius 2 is 1.80 bits per heavy atom. The summed E-state index contributed by atoms with van der Waals surface area (Å²) in [7, 11) is 0. The zero-order valence-electron chi connectivity index (χ0n) is 19.0. The molecule has 1 amide bonds. The first kappa shape index (κ1) is 21.2. The lowest BCUT2D eigenvalue weighted by molar-refractivity contribution is 0.0934. The number of carbonyl (C=O) groups is 1. The summed E-state index contributed by atoms with van der Waals surface area (Å²) in [5, 5.41) is 7.87. The molecule has 2 heterocycles. The van der Waals surface area contributed by atoms with Crippen LogP contribution < -0.4 is 15.5 Å². The fraction of sp³-hybridized carbons (Fsp3) is 0.560. The molecule has 162 valence electrons. The van der Waals surface area contributed by atoms with E-state index < -0.39 is 0 Å². The van der Waals surface area contributed by atoms with Gasteiger partial charge in [-0.05, 0) is 67.7 Å². The lowest BCUT2D eigenvalue weighted by atomic mass is 9.69. The molecule has 2 aromatic rings. The van der Waals surface area contributed by atoms with Crippen molar-refractivity contribution in [3.63, 3.8) is 0 Å². The van der Waals surface area contributed by atoms with Crippen molar-refractivity contribution in [2.75, 3.05) is 23.3 Å². The Morgan fingerprint density at radius 1 is 1.10 bits per heavy atom. The second kappa shape index (κ2) is 8.26. The van der Waals surface area contributed by atoms with E-state index in [0.717, 1.165) is 42.1 Å². The smallest absolute Gasteiger partial charge is 0.256 e. The highest BCUT2D eigenvalue weighted by molar-refractivity contribution is 7.16. The summed E-state index contributed by atoms with van der Waals surface area (Å²) in [6.45, 7) is 13.4. The predicted octanol–water partition coefficient (Wildman–Crippen LogP) is 5.99. The fourth-order valence-corrected chi connectivity index (χ4v) is 6.24. The molecule has 4 rings (SSSR count). The predicted molar refractivity (Wildman–Crippen MR) is 128 cm³/mol. The van der Waals surface area contributed by atoms with Gasteiger partial charge in [0.25, 0.3) is 5.91 Å². The number of thiophene rings is 1. The fourth-order valence-electron chi connectivity index (χ4n) is 4.89. The van der Waals surface area contributed by atoms with Crippen molar-refractivity contribution in [1.82, 2.24) is 5.32 Å². The summed E-state index contributed by atoms with van der Waals surface area (Å²) in [5.74, 6) is 0.772. The highest BCUT2D eigenvalue weighted by Crippen LogP contribution is 2.47. The molecule has 1 aliphatic heterocycles. The third kappa shape index (κ3) is 3.73. The number of hydrogen-bond donors (Lipinski definition) is 2. The molecule has 4 nitrogen and oxygen atoms in total. The van der Waals surface area contributed by atoms with Gasteiger partial charge in [-0.15, -0.1) is 11.3 Å². The quantitative estimate of drug-likeness (QED) is 0.597. The van der Waals surface area contributed by atoms with E-state index in [1.54, 1.807) is 11.3 Å². The largest absolute Gasteiger partial charge is 0.372 e. The van der Waals surface area contributed by atoms with Crippen LogP contribution in [0.15, 0.2) is 24.3 Å². The van der Waals surface area contributed by atoms with Gasteiger partial charge in [0.1, 0.15) is 11.2 Å². The van der Waals surface area contributed by atoms with Crippen LogP contribution in [0.2, 0.25) is 0 Å². The molecule has 0 saturated carbocycles. The van der Waals surface area contributed by atoms with Crippen LogP contribution in [-0.4, -0.2) is 19.0 Å². The van der Waals surface area contributed by atoms with Crippen LogP contribution in [0.4, 0.5) is 10.7 Å². The topological polar surface area (TPSA) is 44.4 Å². The zero-order chi connectivity index (χ0) is 21.5. The van der Waals surface area contributed by atoms with Gasteiger partial charge in [-0.1, -0.05) is 39.3 Å². The van der Waals surface area contributed by atoms with Crippen LogP contribution in [0.5, 0.6) is 0 Å². The van der Waals surface area contributed by atoms with Gasteiger partial charge < -0.3 is 15.5 Å². The van der Waals surface area contributed by atoms with Crippen LogP contribution in [0.25, 0.3) is 0 Å². The number of anilines is 2. The molecule has 0 unspecified atom stereocenters. The molecule has 1 aliphatic carbocycles. The minimum absolute atomic E-state index is 0.0762. The van der Waals surface area contributed by atoms with Gasteiger partial charge in [0.15, 0.2) is 0 Å². The van der Waals surface area contributed by atoms with E-state index in [9.17, 15) is 4.79 Å². The highest BCUT2D eigenvalue weighted by atomic mass is 32.1. The monoisotopic (exact) mass is 425 g/mol. The maximum absolute atomic E-state index is 13.1. The van der Waals surface area contributed by atoms with Crippen LogP contribution in [0, 0.1) is 11.3 Å². The number of hydrogen-bond acceptors (Lipinski definition) is 4. The standard InChI is InChI=1S/C25H35N3OS/c1-6-25(4,5)17-11-14-19-20(15-17)30-24-21(19)23(29)26-22(27-24)16-9-12-18(13-10-16)28(7-2)8-3/h9-10,12-13,17,22,27H,6-8,11,14-15H2,1-5H3,(H,26,29)/t17-,22-/m1/s1. The van der Waals surface area contributed by atoms with E-state index in [0.29, 0.717) is 11.3 Å². The first-order valence-corrected chi connectivity index (χ1v) is 12.3. The summed E-state index contributed by atoms with van der Waals surface area (Å²) in [4.78, 5) is 16.8. The van der Waals surface area contributed by atoms with Crippen LogP contribution >= 0.6 is 11.3 Å². The van der Waals surface area contributed by atoms with Gasteiger partial charge in [0, 0.05) is 23.7 Å². The van der Waals surface area contributed by atoms with E-state index in [2.05, 4.69) is 74.4 Å². The maximum Gasteiger partial charge on any atom is 0.256 e. The summed E-state index contributed by atoms with van der Waals surface area (Å²) in [5.41, 5.74) is 4.87. The molecule has 0 saturated heterocycles. The first-order chi connectivity index (χ1) is 14.4. The van der Waals surface area contributed by atoms with Gasteiger partial charge in [-0.25, -0.2) is 0 Å². The van der Waals surface area contributed by atoms with E-state index in [4.69, 9.17) is 0 Å². The average Bonchev–Trinajstić information content (AvgIpc) is 3.13. The van der Waals surface area contributed by atoms with E-state index in [1.807, 2.05) is 0 Å². The van der Waals surface area contributed by atoms with Crippen molar-refractivity contribution in [2.24, 2.45) is 11.3 Å². The highest BCUT2D eigenvalue weighted by Gasteiger charge is 2.37. The van der Waals surface area contributed by atoms with Gasteiger partial charge >= 0.3 is 0 Å². The van der Waals surface area contributed by atoms with Crippen molar-refractivity contribution in [1.29, 1.82) is 0 Å². The number of nitrogens with one attached hydrogen (secondary N) is 2. The Morgan fingerprint density at radius 3 is 2.43 bits per heavy atom. The Bertz CT molecular complexity index is 911. The van der Waals surface area contributed by atoms with Crippen molar-refractivity contribution in [3.05, 3.63) is 45.8 Å². The third-order valence-corrected chi connectivity index (χ3v) is 8.60. The third-order valence-electron chi connectivity index (χ3n) is 7.41. The first-order valence-electron chi connectivity index (χ1n) is 11.4. The summed E-state index contributed by atoms with van der Waals surface area (Å²) < 4.78 is 0. The Labute approximate surface area is 185 Å². The molecule has 5 heteroatoms. The van der Waals surface area contributed by atoms with Crippen LogP contribution in [0.1, 0.15) is 80.0 Å². The molecule has 30 heavy (non-hydrogen) atoms. The summed E-state index contributed by atoms with van der Waals surface area (Å²) in [6.07, 6.45) is 4.33. The maximum atomic E-state index is 13.1. The number of nitrogens with zero attached hydrogens (tertiary/aromatic N) is 1. The SMILES string of the molecule is CCN(CC)c1ccc([C@@H]2NC(=O)c3c(sc4c3CC[C@@H](C(C)(C)CC)C4)N2)cc1. The van der Waals surface area contributed by atoms with Crippen LogP contribution in [-0.2, 0) is 12.8 Å². The molecule has 0 fully saturated rings. The van der Waals surface area contributed by atoms with E-state index in [-0.39, 0.29) is 12.1 Å². The van der Waals surface area contributed by atoms with Crippen molar-refractivity contribution in [3.8, 4) is 0 Å². The lowest BCUT2D eigenvalue weighted by Crippen LogP contribution is -2.38. The second-order valence-electron chi connectivity index (χ2n) is 9.30. The minimum atomic E-state index is -0.168. The normalized spacial score (nSPS) is 20.8. The molecular weight excluding hydrogens is 390 g/mol. The number of rotatable bonds is 6. The number of fused-ring (bicyclic) bond motifs is 3. The van der Waals surface area contributed by atoms with E-state index >= 15 is 0 Å². The molecule has 1 aromatic heterocycles. The number of carbonyl (C=O) groups excluding carboxylic acids is 1. The Balaban J connectivity index is 1.56. The summed E-state index contributed by atoms with van der Waals surface area (Å²) in [6, 6.07) is 8.57. The Kier molecular flexibility index (Phi) is 5.84. The van der Waals surface area contributed by atoms with Crippen molar-refractivity contribution in [2.45, 2.75) is 66.5 Å². The van der Waals surface area contributed by atoms with Gasteiger partial charge in [0.05, 0.1) is 5.56 Å². The van der Waals surface area contributed by atoms with Gasteiger partial charge in [-0.3, -0.25) is 4.79 Å². The molecular formula is C25H35N3OS. The minimum Gasteiger partial charge on any atom is -0.372 e.